The Kier molecular flexibility index (Phi) is 3.24. The second kappa shape index (κ2) is 4.93. The number of benzene rings is 1. The topological polar surface area (TPSA) is 57.6 Å². The summed E-state index contributed by atoms with van der Waals surface area (Å²) in [7, 11) is 0. The van der Waals surface area contributed by atoms with Crippen LogP contribution in [-0.2, 0) is 16.0 Å². The molecule has 1 N–H and O–H groups in total. The molecular formula is C16H19NO3. The summed E-state index contributed by atoms with van der Waals surface area (Å²) >= 11 is 0. The van der Waals surface area contributed by atoms with Crippen LogP contribution in [0.1, 0.15) is 30.4 Å². The Morgan fingerprint density at radius 1 is 1.30 bits per heavy atom. The monoisotopic (exact) mass is 273 g/mol. The zero-order valence-corrected chi connectivity index (χ0v) is 11.6. The van der Waals surface area contributed by atoms with Crippen LogP contribution in [0.5, 0.6) is 0 Å². The summed E-state index contributed by atoms with van der Waals surface area (Å²) in [5, 5.41) is 9.23. The molecule has 3 rings (SSSR count). The van der Waals surface area contributed by atoms with Crippen molar-refractivity contribution in [3.63, 3.8) is 0 Å². The van der Waals surface area contributed by atoms with E-state index in [-0.39, 0.29) is 23.9 Å². The normalized spacial score (nSPS) is 27.9. The van der Waals surface area contributed by atoms with Crippen molar-refractivity contribution in [2.75, 3.05) is 0 Å². The third-order valence-corrected chi connectivity index (χ3v) is 4.74. The average Bonchev–Trinajstić information content (AvgIpc) is 2.99. The number of aryl methyl sites for hydroxylation is 1. The molecule has 0 spiro atoms. The lowest BCUT2D eigenvalue weighted by molar-refractivity contribution is -0.143. The lowest BCUT2D eigenvalue weighted by Gasteiger charge is -2.23. The van der Waals surface area contributed by atoms with E-state index in [4.69, 9.17) is 0 Å². The molecule has 3 atom stereocenters. The van der Waals surface area contributed by atoms with Crippen molar-refractivity contribution < 1.29 is 14.7 Å². The number of aliphatic carboxylic acids is 1. The molecule has 20 heavy (non-hydrogen) atoms. The van der Waals surface area contributed by atoms with Gasteiger partial charge in [0.1, 0.15) is 0 Å². The maximum Gasteiger partial charge on any atom is 0.308 e. The number of fused-ring (bicyclic) bond motifs is 2. The first-order chi connectivity index (χ1) is 9.58. The van der Waals surface area contributed by atoms with Crippen molar-refractivity contribution in [2.24, 2.45) is 5.92 Å². The van der Waals surface area contributed by atoms with E-state index in [0.717, 1.165) is 24.0 Å². The molecule has 1 aromatic carbocycles. The molecular weight excluding hydrogens is 254 g/mol. The molecule has 4 nitrogen and oxygen atoms in total. The van der Waals surface area contributed by atoms with Crippen molar-refractivity contribution in [2.45, 2.75) is 44.7 Å². The number of carbonyl (C=O) groups excluding carboxylic acids is 1. The standard InChI is InChI=1S/C16H19NO3/c1-10-4-2-3-5-11(10)8-15(18)17-12-6-7-14(17)13(9-12)16(19)20/h2-5,12-14H,6-9H2,1H3,(H,19,20). The minimum absolute atomic E-state index is 0.0792. The summed E-state index contributed by atoms with van der Waals surface area (Å²) < 4.78 is 0. The molecule has 2 heterocycles. The Morgan fingerprint density at radius 3 is 2.70 bits per heavy atom. The Labute approximate surface area is 118 Å². The first kappa shape index (κ1) is 13.2. The minimum atomic E-state index is -0.758. The fourth-order valence-corrected chi connectivity index (χ4v) is 3.71. The van der Waals surface area contributed by atoms with E-state index in [1.165, 1.54) is 0 Å². The summed E-state index contributed by atoms with van der Waals surface area (Å²) in [6.45, 7) is 2.00. The van der Waals surface area contributed by atoms with Crippen molar-refractivity contribution in [3.8, 4) is 0 Å². The number of carboxylic acids is 1. The molecule has 0 radical (unpaired) electrons. The second-order valence-corrected chi connectivity index (χ2v) is 5.88. The molecule has 1 aromatic rings. The van der Waals surface area contributed by atoms with E-state index >= 15 is 0 Å². The molecule has 4 heteroatoms. The summed E-state index contributed by atoms with van der Waals surface area (Å²) in [5.41, 5.74) is 2.15. The lowest BCUT2D eigenvalue weighted by atomic mass is 9.89. The van der Waals surface area contributed by atoms with Gasteiger partial charge in [-0.2, -0.15) is 0 Å². The maximum absolute atomic E-state index is 12.5. The van der Waals surface area contributed by atoms with E-state index in [2.05, 4.69) is 0 Å². The SMILES string of the molecule is Cc1ccccc1CC(=O)N1C2CCC1C(C(=O)O)C2. The van der Waals surface area contributed by atoms with Gasteiger partial charge in [0, 0.05) is 12.1 Å². The molecule has 3 unspecified atom stereocenters. The highest BCUT2D eigenvalue weighted by Gasteiger charge is 2.51. The molecule has 2 saturated heterocycles. The van der Waals surface area contributed by atoms with Crippen LogP contribution in [0.2, 0.25) is 0 Å². The van der Waals surface area contributed by atoms with Crippen LogP contribution in [-0.4, -0.2) is 34.0 Å². The molecule has 2 aliphatic heterocycles. The molecule has 2 aliphatic rings. The van der Waals surface area contributed by atoms with Crippen LogP contribution in [0, 0.1) is 12.8 Å². The van der Waals surface area contributed by atoms with Gasteiger partial charge in [-0.05, 0) is 37.3 Å². The van der Waals surface area contributed by atoms with Crippen molar-refractivity contribution in [3.05, 3.63) is 35.4 Å². The third-order valence-electron chi connectivity index (χ3n) is 4.74. The van der Waals surface area contributed by atoms with Gasteiger partial charge in [0.05, 0.1) is 12.3 Å². The van der Waals surface area contributed by atoms with Crippen molar-refractivity contribution in [1.29, 1.82) is 0 Å². The highest BCUT2D eigenvalue weighted by molar-refractivity contribution is 5.82. The van der Waals surface area contributed by atoms with Gasteiger partial charge in [-0.25, -0.2) is 0 Å². The quantitative estimate of drug-likeness (QED) is 0.916. The minimum Gasteiger partial charge on any atom is -0.481 e. The highest BCUT2D eigenvalue weighted by atomic mass is 16.4. The molecule has 0 aliphatic carbocycles. The van der Waals surface area contributed by atoms with Crippen LogP contribution in [0.25, 0.3) is 0 Å². The van der Waals surface area contributed by atoms with E-state index in [1.807, 2.05) is 36.1 Å². The number of carbonyl (C=O) groups is 2. The van der Waals surface area contributed by atoms with Gasteiger partial charge in [-0.3, -0.25) is 9.59 Å². The Morgan fingerprint density at radius 2 is 2.05 bits per heavy atom. The van der Waals surface area contributed by atoms with Gasteiger partial charge in [0.2, 0.25) is 5.91 Å². The third kappa shape index (κ3) is 2.09. The van der Waals surface area contributed by atoms with Crippen molar-refractivity contribution in [1.82, 2.24) is 4.90 Å². The van der Waals surface area contributed by atoms with Gasteiger partial charge in [-0.15, -0.1) is 0 Å². The largest absolute Gasteiger partial charge is 0.481 e. The predicted molar refractivity (Wildman–Crippen MR) is 74.3 cm³/mol. The summed E-state index contributed by atoms with van der Waals surface area (Å²) in [4.78, 5) is 25.6. The van der Waals surface area contributed by atoms with Crippen LogP contribution < -0.4 is 0 Å². The first-order valence-corrected chi connectivity index (χ1v) is 7.16. The maximum atomic E-state index is 12.5. The van der Waals surface area contributed by atoms with Gasteiger partial charge < -0.3 is 10.0 Å². The summed E-state index contributed by atoms with van der Waals surface area (Å²) in [6, 6.07) is 7.92. The summed E-state index contributed by atoms with van der Waals surface area (Å²) in [5.74, 6) is -1.05. The smallest absolute Gasteiger partial charge is 0.308 e. The van der Waals surface area contributed by atoms with Crippen LogP contribution in [0.15, 0.2) is 24.3 Å². The zero-order valence-electron chi connectivity index (χ0n) is 11.6. The van der Waals surface area contributed by atoms with Gasteiger partial charge in [-0.1, -0.05) is 24.3 Å². The fourth-order valence-electron chi connectivity index (χ4n) is 3.71. The Bertz CT molecular complexity index is 554. The Hall–Kier alpha value is -1.84. The molecule has 2 fully saturated rings. The summed E-state index contributed by atoms with van der Waals surface area (Å²) in [6.07, 6.45) is 2.79. The zero-order chi connectivity index (χ0) is 14.3. The second-order valence-electron chi connectivity index (χ2n) is 5.88. The number of hydrogen-bond donors (Lipinski definition) is 1. The van der Waals surface area contributed by atoms with Crippen LogP contribution >= 0.6 is 0 Å². The Balaban J connectivity index is 1.76. The molecule has 0 saturated carbocycles. The molecule has 106 valence electrons. The predicted octanol–water partition coefficient (Wildman–Crippen LogP) is 2.00. The van der Waals surface area contributed by atoms with Gasteiger partial charge in [0.25, 0.3) is 0 Å². The van der Waals surface area contributed by atoms with Crippen LogP contribution in [0.4, 0.5) is 0 Å². The first-order valence-electron chi connectivity index (χ1n) is 7.16. The number of nitrogens with zero attached hydrogens (tertiary/aromatic N) is 1. The van der Waals surface area contributed by atoms with Gasteiger partial charge >= 0.3 is 5.97 Å². The van der Waals surface area contributed by atoms with Crippen LogP contribution in [0.3, 0.4) is 0 Å². The fraction of sp³-hybridized carbons (Fsp3) is 0.500. The van der Waals surface area contributed by atoms with Crippen molar-refractivity contribution >= 4 is 11.9 Å². The van der Waals surface area contributed by atoms with E-state index in [9.17, 15) is 14.7 Å². The number of hydrogen-bond acceptors (Lipinski definition) is 2. The number of amides is 1. The molecule has 0 aromatic heterocycles. The average molecular weight is 273 g/mol. The van der Waals surface area contributed by atoms with E-state index in [1.54, 1.807) is 0 Å². The molecule has 2 bridgehead atoms. The van der Waals surface area contributed by atoms with E-state index in [0.29, 0.717) is 12.8 Å². The molecule has 1 amide bonds. The number of rotatable bonds is 3. The van der Waals surface area contributed by atoms with E-state index < -0.39 is 5.97 Å². The highest BCUT2D eigenvalue weighted by Crippen LogP contribution is 2.42. The number of carboxylic acid groups (broad SMARTS) is 1. The van der Waals surface area contributed by atoms with Gasteiger partial charge in [0.15, 0.2) is 0 Å². The lowest BCUT2D eigenvalue weighted by Crippen LogP contribution is -2.38.